The van der Waals surface area contributed by atoms with Crippen molar-refractivity contribution in [3.8, 4) is 33.4 Å². The van der Waals surface area contributed by atoms with Crippen LogP contribution in [0.5, 0.6) is 0 Å². The molecule has 1 aromatic heterocycles. The molecule has 0 N–H and O–H groups in total. The Balaban J connectivity index is 1.06. The Hall–Kier alpha value is -7.69. The van der Waals surface area contributed by atoms with E-state index in [1.807, 2.05) is 42.5 Å². The van der Waals surface area contributed by atoms with Crippen LogP contribution in [-0.2, 0) is 0 Å². The SMILES string of the molecule is O=c1c2ccccc2oc2cc(-c3cccc(-c4ccc5c(c4)N(c4ccccc4)c4ccc(-c6ccc7ccccc7c6)cc4N5c4ccccc4)c3)ccc12. The summed E-state index contributed by atoms with van der Waals surface area (Å²) in [7, 11) is 0. The summed E-state index contributed by atoms with van der Waals surface area (Å²) >= 11 is 0. The van der Waals surface area contributed by atoms with Gasteiger partial charge in [-0.3, -0.25) is 4.79 Å². The number of hydrogen-bond donors (Lipinski definition) is 0. The first kappa shape index (κ1) is 32.7. The lowest BCUT2D eigenvalue weighted by Gasteiger charge is -2.41. The van der Waals surface area contributed by atoms with Crippen LogP contribution in [0.3, 0.4) is 0 Å². The van der Waals surface area contributed by atoms with E-state index < -0.39 is 0 Å². The van der Waals surface area contributed by atoms with E-state index in [-0.39, 0.29) is 5.43 Å². The van der Waals surface area contributed by atoms with Crippen molar-refractivity contribution in [2.75, 3.05) is 9.80 Å². The number of benzene rings is 9. The monoisotopic (exact) mass is 730 g/mol. The zero-order valence-corrected chi connectivity index (χ0v) is 30.8. The Morgan fingerprint density at radius 1 is 0.316 bits per heavy atom. The molecule has 0 spiro atoms. The molecule has 4 nitrogen and oxygen atoms in total. The van der Waals surface area contributed by atoms with Gasteiger partial charge in [0.15, 0.2) is 0 Å². The lowest BCUT2D eigenvalue weighted by molar-refractivity contribution is 0.660. The van der Waals surface area contributed by atoms with Gasteiger partial charge in [0.05, 0.1) is 33.5 Å². The average Bonchev–Trinajstić information content (AvgIpc) is 3.28. The fraction of sp³-hybridized carbons (Fsp3) is 0. The zero-order chi connectivity index (χ0) is 37.9. The van der Waals surface area contributed by atoms with Crippen LogP contribution in [0.25, 0.3) is 66.1 Å². The van der Waals surface area contributed by atoms with Gasteiger partial charge in [-0.15, -0.1) is 0 Å². The van der Waals surface area contributed by atoms with Gasteiger partial charge in [0.25, 0.3) is 0 Å². The van der Waals surface area contributed by atoms with Gasteiger partial charge in [-0.25, -0.2) is 0 Å². The van der Waals surface area contributed by atoms with E-state index in [1.54, 1.807) is 0 Å². The van der Waals surface area contributed by atoms with Crippen molar-refractivity contribution in [3.63, 3.8) is 0 Å². The predicted molar refractivity (Wildman–Crippen MR) is 237 cm³/mol. The molecule has 1 aliphatic rings. The molecule has 0 bridgehead atoms. The lowest BCUT2D eigenvalue weighted by atomic mass is 9.95. The second-order valence-corrected chi connectivity index (χ2v) is 14.5. The van der Waals surface area contributed by atoms with E-state index in [2.05, 4.69) is 174 Å². The maximum Gasteiger partial charge on any atom is 0.200 e. The highest BCUT2D eigenvalue weighted by atomic mass is 16.3. The predicted octanol–water partition coefficient (Wildman–Crippen LogP) is 14.4. The van der Waals surface area contributed by atoms with Crippen molar-refractivity contribution in [1.29, 1.82) is 0 Å². The van der Waals surface area contributed by atoms with E-state index in [0.29, 0.717) is 21.9 Å². The quantitative estimate of drug-likeness (QED) is 0.165. The highest BCUT2D eigenvalue weighted by Crippen LogP contribution is 2.55. The minimum atomic E-state index is -0.0137. The van der Waals surface area contributed by atoms with Gasteiger partial charge >= 0.3 is 0 Å². The van der Waals surface area contributed by atoms with Crippen LogP contribution in [0.2, 0.25) is 0 Å². The molecule has 0 fully saturated rings. The molecular weight excluding hydrogens is 697 g/mol. The number of nitrogens with zero attached hydrogens (tertiary/aromatic N) is 2. The van der Waals surface area contributed by atoms with Crippen LogP contribution in [0.15, 0.2) is 215 Å². The molecule has 1 aliphatic heterocycles. The van der Waals surface area contributed by atoms with E-state index in [0.717, 1.165) is 61.9 Å². The van der Waals surface area contributed by atoms with Gasteiger partial charge in [0.1, 0.15) is 11.2 Å². The molecule has 0 amide bonds. The summed E-state index contributed by atoms with van der Waals surface area (Å²) in [6, 6.07) is 72.0. The van der Waals surface area contributed by atoms with Crippen LogP contribution >= 0.6 is 0 Å². The second-order valence-electron chi connectivity index (χ2n) is 14.5. The Morgan fingerprint density at radius 3 is 1.47 bits per heavy atom. The maximum absolute atomic E-state index is 13.3. The summed E-state index contributed by atoms with van der Waals surface area (Å²) in [5.74, 6) is 0. The Morgan fingerprint density at radius 2 is 0.807 bits per heavy atom. The standard InChI is InChI=1S/C53H34N2O2/c56-53-45-20-9-10-21-51(45)57-52-34-42(24-27-46(52)53)38-15-11-14-37(31-38)40-25-28-47-49(32-40)54(43-16-3-1-4-17-43)48-29-26-41(33-50(48)55(47)44-18-5-2-6-19-44)39-23-22-35-12-7-8-13-36(35)30-39/h1-34H. The summed E-state index contributed by atoms with van der Waals surface area (Å²) in [4.78, 5) is 18.0. The molecule has 57 heavy (non-hydrogen) atoms. The molecule has 0 saturated carbocycles. The smallest absolute Gasteiger partial charge is 0.200 e. The number of hydrogen-bond acceptors (Lipinski definition) is 4. The van der Waals surface area contributed by atoms with Crippen LogP contribution < -0.4 is 15.2 Å². The zero-order valence-electron chi connectivity index (χ0n) is 30.8. The third-order valence-corrected chi connectivity index (χ3v) is 11.1. The number of anilines is 6. The van der Waals surface area contributed by atoms with Gasteiger partial charge in [-0.1, -0.05) is 121 Å². The largest absolute Gasteiger partial charge is 0.456 e. The van der Waals surface area contributed by atoms with E-state index in [4.69, 9.17) is 4.42 Å². The van der Waals surface area contributed by atoms with Crippen molar-refractivity contribution in [3.05, 3.63) is 216 Å². The highest BCUT2D eigenvalue weighted by Gasteiger charge is 2.31. The molecule has 4 heteroatoms. The van der Waals surface area contributed by atoms with E-state index >= 15 is 0 Å². The van der Waals surface area contributed by atoms with E-state index in [1.165, 1.54) is 16.3 Å². The first-order valence-electron chi connectivity index (χ1n) is 19.2. The van der Waals surface area contributed by atoms with Crippen molar-refractivity contribution in [2.45, 2.75) is 0 Å². The molecule has 0 atom stereocenters. The molecule has 0 aliphatic carbocycles. The molecule has 268 valence electrons. The molecule has 2 heterocycles. The van der Waals surface area contributed by atoms with Crippen LogP contribution in [0.4, 0.5) is 34.1 Å². The summed E-state index contributed by atoms with van der Waals surface area (Å²) in [6.45, 7) is 0. The van der Waals surface area contributed by atoms with Gasteiger partial charge in [-0.2, -0.15) is 0 Å². The molecule has 0 saturated heterocycles. The minimum Gasteiger partial charge on any atom is -0.456 e. The fourth-order valence-corrected chi connectivity index (χ4v) is 8.34. The molecule has 10 aromatic rings. The third kappa shape index (κ3) is 5.58. The number of para-hydroxylation sites is 3. The Kier molecular flexibility index (Phi) is 7.61. The van der Waals surface area contributed by atoms with Crippen molar-refractivity contribution in [2.24, 2.45) is 0 Å². The van der Waals surface area contributed by atoms with E-state index in [9.17, 15) is 4.79 Å². The van der Waals surface area contributed by atoms with Crippen molar-refractivity contribution < 1.29 is 4.42 Å². The normalized spacial score (nSPS) is 12.2. The van der Waals surface area contributed by atoms with Crippen LogP contribution in [-0.4, -0.2) is 0 Å². The van der Waals surface area contributed by atoms with Crippen molar-refractivity contribution >= 4 is 66.8 Å². The number of fused-ring (bicyclic) bond motifs is 5. The third-order valence-electron chi connectivity index (χ3n) is 11.1. The minimum absolute atomic E-state index is 0.0137. The Bertz CT molecular complexity index is 3230. The van der Waals surface area contributed by atoms with Crippen LogP contribution in [0, 0.1) is 0 Å². The summed E-state index contributed by atoms with van der Waals surface area (Å²) < 4.78 is 6.23. The first-order valence-corrected chi connectivity index (χ1v) is 19.2. The molecule has 0 unspecified atom stereocenters. The second kappa shape index (κ2) is 13.3. The molecule has 11 rings (SSSR count). The molecular formula is C53H34N2O2. The molecule has 9 aromatic carbocycles. The molecule has 0 radical (unpaired) electrons. The summed E-state index contributed by atoms with van der Waals surface area (Å²) in [6.07, 6.45) is 0. The summed E-state index contributed by atoms with van der Waals surface area (Å²) in [5, 5.41) is 3.63. The topological polar surface area (TPSA) is 36.7 Å². The fourth-order valence-electron chi connectivity index (χ4n) is 8.34. The number of rotatable bonds is 5. The first-order chi connectivity index (χ1) is 28.2. The van der Waals surface area contributed by atoms with Crippen LogP contribution in [0.1, 0.15) is 0 Å². The lowest BCUT2D eigenvalue weighted by Crippen LogP contribution is -2.24. The summed E-state index contributed by atoms with van der Waals surface area (Å²) in [5.41, 5.74) is 14.3. The average molecular weight is 731 g/mol. The van der Waals surface area contributed by atoms with Gasteiger partial charge in [0.2, 0.25) is 5.43 Å². The van der Waals surface area contributed by atoms with Crippen molar-refractivity contribution in [1.82, 2.24) is 0 Å². The maximum atomic E-state index is 13.3. The van der Waals surface area contributed by atoms with Gasteiger partial charge in [0, 0.05) is 11.4 Å². The van der Waals surface area contributed by atoms with Gasteiger partial charge in [-0.05, 0) is 129 Å². The Labute approximate surface area is 329 Å². The van der Waals surface area contributed by atoms with Gasteiger partial charge < -0.3 is 14.2 Å². The highest BCUT2D eigenvalue weighted by molar-refractivity contribution is 6.04.